The van der Waals surface area contributed by atoms with Crippen LogP contribution in [-0.4, -0.2) is 137 Å². The quantitative estimate of drug-likeness (QED) is 0.0316. The summed E-state index contributed by atoms with van der Waals surface area (Å²) in [5.41, 5.74) is 0. The van der Waals surface area contributed by atoms with Gasteiger partial charge in [-0.1, -0.05) is 85.0 Å². The van der Waals surface area contributed by atoms with Crippen LogP contribution in [0.15, 0.2) is 0 Å². The number of hydrogen-bond acceptors (Lipinski definition) is 11. The molecule has 0 aliphatic heterocycles. The fraction of sp³-hybridized carbons (Fsp3) is 0.811. The van der Waals surface area contributed by atoms with Gasteiger partial charge in [0, 0.05) is 13.5 Å². The number of carbonyl (C=O) groups is 7. The lowest BCUT2D eigenvalue weighted by Crippen LogP contribution is -2.59. The second kappa shape index (κ2) is 29.4. The Bertz CT molecular complexity index is 1230. The van der Waals surface area contributed by atoms with Gasteiger partial charge in [0.2, 0.25) is 41.4 Å². The third kappa shape index (κ3) is 22.7. The number of hydrogen-bond donors (Lipinski definition) is 10. The number of carbonyl (C=O) groups excluding carboxylic acids is 7. The molecule has 0 aliphatic rings. The normalized spacial score (nSPS) is 14.3. The van der Waals surface area contributed by atoms with Gasteiger partial charge in [-0.15, -0.1) is 0 Å². The number of unbranched alkanes of at least 4 members (excludes halogenated alkanes) is 10. The van der Waals surface area contributed by atoms with E-state index in [0.717, 1.165) is 24.2 Å². The van der Waals surface area contributed by atoms with E-state index in [9.17, 15) is 43.8 Å². The number of aliphatic hydroxyl groups excluding tert-OH is 2. The van der Waals surface area contributed by atoms with Crippen LogP contribution >= 0.6 is 0 Å². The predicted octanol–water partition coefficient (Wildman–Crippen LogP) is -0.843. The standard InChI is InChI=1S/C37H70BN7O11/c1-8-9-10-11-12-13-14-15-16-17-18-19-30(48)43-29(22-46)36(53)41-25(4)33(50)39-21-31(49)45(7)32(27(6)47)37(54)42-26(5)34(51)44-28(20-24(2)3)35(52)40-23-38(55)56/h24-29,32,46-47,55-56H,8-23H2,1-7H3,(H,39,50)(H,40,52)(H,41,53)(H,42,54)(H,43,48)(H,44,51)/t25-,26+,27?,28+,29-,32+/m1/s1. The van der Waals surface area contributed by atoms with Gasteiger partial charge in [0.25, 0.3) is 0 Å². The zero-order chi connectivity index (χ0) is 42.8. The highest BCUT2D eigenvalue weighted by Gasteiger charge is 2.34. The van der Waals surface area contributed by atoms with Crippen molar-refractivity contribution in [3.63, 3.8) is 0 Å². The molecular weight excluding hydrogens is 729 g/mol. The topological polar surface area (TPSA) is 276 Å². The second-order valence-corrected chi connectivity index (χ2v) is 14.9. The summed E-state index contributed by atoms with van der Waals surface area (Å²) in [6.45, 7) is 8.42. The van der Waals surface area contributed by atoms with Gasteiger partial charge in [-0.05, 0) is 39.5 Å². The van der Waals surface area contributed by atoms with Crippen molar-refractivity contribution in [1.82, 2.24) is 36.8 Å². The van der Waals surface area contributed by atoms with E-state index in [-0.39, 0.29) is 18.8 Å². The first-order valence-corrected chi connectivity index (χ1v) is 20.0. The summed E-state index contributed by atoms with van der Waals surface area (Å²) in [4.78, 5) is 90.3. The molecule has 0 saturated carbocycles. The largest absolute Gasteiger partial charge is 0.472 e. The molecule has 18 nitrogen and oxygen atoms in total. The zero-order valence-corrected chi connectivity index (χ0v) is 34.5. The third-order valence-electron chi connectivity index (χ3n) is 9.09. The van der Waals surface area contributed by atoms with E-state index in [1.807, 2.05) is 13.8 Å². The van der Waals surface area contributed by atoms with Gasteiger partial charge in [-0.2, -0.15) is 0 Å². The Morgan fingerprint density at radius 3 is 1.64 bits per heavy atom. The molecule has 7 amide bonds. The number of aliphatic hydroxyl groups is 2. The molecular formula is C37H70BN7O11. The van der Waals surface area contributed by atoms with Crippen molar-refractivity contribution in [3.05, 3.63) is 0 Å². The molecule has 56 heavy (non-hydrogen) atoms. The first kappa shape index (κ1) is 52.2. The van der Waals surface area contributed by atoms with Crippen LogP contribution in [0.5, 0.6) is 0 Å². The summed E-state index contributed by atoms with van der Waals surface area (Å²) < 4.78 is 0. The maximum atomic E-state index is 13.1. The van der Waals surface area contributed by atoms with E-state index in [2.05, 4.69) is 38.8 Å². The molecule has 0 aromatic heterocycles. The average molecular weight is 800 g/mol. The smallest absolute Gasteiger partial charge is 0.426 e. The van der Waals surface area contributed by atoms with Gasteiger partial charge in [0.05, 0.1) is 25.7 Å². The van der Waals surface area contributed by atoms with E-state index in [1.54, 1.807) is 0 Å². The minimum atomic E-state index is -1.79. The van der Waals surface area contributed by atoms with Crippen LogP contribution in [0.1, 0.15) is 125 Å². The SMILES string of the molecule is CCCCCCCCCCCCCC(=O)N[C@H](CO)C(=O)N[C@H](C)C(=O)NCC(=O)N(C)[C@H](C(=O)N[C@@H](C)C(=O)N[C@@H](CC(C)C)C(=O)NCB(O)O)C(C)O. The van der Waals surface area contributed by atoms with Gasteiger partial charge >= 0.3 is 7.12 Å². The lowest BCUT2D eigenvalue weighted by Gasteiger charge is -2.31. The van der Waals surface area contributed by atoms with Crippen molar-refractivity contribution < 1.29 is 53.8 Å². The third-order valence-corrected chi connectivity index (χ3v) is 9.09. The highest BCUT2D eigenvalue weighted by molar-refractivity contribution is 6.41. The van der Waals surface area contributed by atoms with Crippen LogP contribution in [-0.2, 0) is 33.6 Å². The summed E-state index contributed by atoms with van der Waals surface area (Å²) >= 11 is 0. The van der Waals surface area contributed by atoms with Crippen LogP contribution in [0.25, 0.3) is 0 Å². The van der Waals surface area contributed by atoms with E-state index in [1.165, 1.54) is 72.8 Å². The Kier molecular flexibility index (Phi) is 27.4. The maximum absolute atomic E-state index is 13.1. The summed E-state index contributed by atoms with van der Waals surface area (Å²) in [5.74, 6) is -5.11. The zero-order valence-electron chi connectivity index (χ0n) is 34.5. The van der Waals surface area contributed by atoms with Crippen molar-refractivity contribution in [2.45, 2.75) is 161 Å². The highest BCUT2D eigenvalue weighted by Crippen LogP contribution is 2.12. The molecule has 1 unspecified atom stereocenters. The summed E-state index contributed by atoms with van der Waals surface area (Å²) in [7, 11) is -0.577. The molecule has 0 heterocycles. The Morgan fingerprint density at radius 2 is 1.14 bits per heavy atom. The summed E-state index contributed by atoms with van der Waals surface area (Å²) in [6, 6.07) is -6.23. The van der Waals surface area contributed by atoms with Crippen LogP contribution in [0.4, 0.5) is 0 Å². The van der Waals surface area contributed by atoms with Crippen LogP contribution in [0.3, 0.4) is 0 Å². The highest BCUT2D eigenvalue weighted by atomic mass is 16.4. The van der Waals surface area contributed by atoms with E-state index < -0.39 is 104 Å². The van der Waals surface area contributed by atoms with E-state index in [4.69, 9.17) is 10.0 Å². The van der Waals surface area contributed by atoms with Crippen LogP contribution < -0.4 is 31.9 Å². The average Bonchev–Trinajstić information content (AvgIpc) is 3.12. The molecule has 0 saturated heterocycles. The lowest BCUT2D eigenvalue weighted by atomic mass is 9.92. The summed E-state index contributed by atoms with van der Waals surface area (Å²) in [5, 5.41) is 52.6. The Balaban J connectivity index is 4.93. The molecule has 19 heteroatoms. The second-order valence-electron chi connectivity index (χ2n) is 14.9. The predicted molar refractivity (Wildman–Crippen MR) is 211 cm³/mol. The lowest BCUT2D eigenvalue weighted by molar-refractivity contribution is -0.144. The van der Waals surface area contributed by atoms with E-state index in [0.29, 0.717) is 6.42 Å². The summed E-state index contributed by atoms with van der Waals surface area (Å²) in [6.07, 6.45) is 10.9. The van der Waals surface area contributed by atoms with Crippen molar-refractivity contribution in [2.24, 2.45) is 5.92 Å². The number of nitrogens with one attached hydrogen (secondary N) is 6. The molecule has 0 rings (SSSR count). The molecule has 0 aromatic carbocycles. The number of likely N-dealkylation sites (N-methyl/N-ethyl adjacent to an activating group) is 1. The molecule has 0 bridgehead atoms. The monoisotopic (exact) mass is 800 g/mol. The van der Waals surface area contributed by atoms with Crippen LogP contribution in [0.2, 0.25) is 0 Å². The molecule has 0 aromatic rings. The first-order chi connectivity index (χ1) is 26.4. The molecule has 0 fully saturated rings. The fourth-order valence-corrected chi connectivity index (χ4v) is 5.78. The van der Waals surface area contributed by atoms with Crippen molar-refractivity contribution in [1.29, 1.82) is 0 Å². The van der Waals surface area contributed by atoms with Crippen molar-refractivity contribution in [3.8, 4) is 0 Å². The fourth-order valence-electron chi connectivity index (χ4n) is 5.78. The number of rotatable bonds is 30. The maximum Gasteiger partial charge on any atom is 0.472 e. The Hall–Kier alpha value is -3.81. The van der Waals surface area contributed by atoms with Crippen LogP contribution in [0, 0.1) is 5.92 Å². The molecule has 10 N–H and O–H groups in total. The molecule has 322 valence electrons. The van der Waals surface area contributed by atoms with E-state index >= 15 is 0 Å². The van der Waals surface area contributed by atoms with Gasteiger partial charge in [-0.25, -0.2) is 0 Å². The van der Waals surface area contributed by atoms with Crippen molar-refractivity contribution >= 4 is 48.5 Å². The van der Waals surface area contributed by atoms with Gasteiger partial charge in [-0.3, -0.25) is 33.6 Å². The number of amides is 7. The Morgan fingerprint density at radius 1 is 0.625 bits per heavy atom. The minimum absolute atomic E-state index is 0.0343. The molecule has 6 atom stereocenters. The van der Waals surface area contributed by atoms with Gasteiger partial charge < -0.3 is 57.1 Å². The van der Waals surface area contributed by atoms with Crippen molar-refractivity contribution in [2.75, 3.05) is 26.6 Å². The minimum Gasteiger partial charge on any atom is -0.426 e. The first-order valence-electron chi connectivity index (χ1n) is 20.0. The number of nitrogens with zero attached hydrogens (tertiary/aromatic N) is 1. The molecule has 0 radical (unpaired) electrons. The van der Waals surface area contributed by atoms with Gasteiger partial charge in [0.15, 0.2) is 0 Å². The van der Waals surface area contributed by atoms with Gasteiger partial charge in [0.1, 0.15) is 30.2 Å². The Labute approximate surface area is 332 Å². The molecule has 0 aliphatic carbocycles. The molecule has 0 spiro atoms.